The van der Waals surface area contributed by atoms with E-state index in [0.29, 0.717) is 6.54 Å². The van der Waals surface area contributed by atoms with Gasteiger partial charge in [-0.05, 0) is 17.9 Å². The first kappa shape index (κ1) is 15.0. The van der Waals surface area contributed by atoms with Crippen molar-refractivity contribution in [2.75, 3.05) is 6.54 Å². The van der Waals surface area contributed by atoms with Crippen LogP contribution in [0.3, 0.4) is 0 Å². The second-order valence-electron chi connectivity index (χ2n) is 4.76. The van der Waals surface area contributed by atoms with Gasteiger partial charge in [-0.1, -0.05) is 44.2 Å². The molecule has 4 N–H and O–H groups in total. The van der Waals surface area contributed by atoms with Crippen LogP contribution in [-0.2, 0) is 11.2 Å². The molecule has 0 aliphatic heterocycles. The predicted molar refractivity (Wildman–Crippen MR) is 74.5 cm³/mol. The summed E-state index contributed by atoms with van der Waals surface area (Å²) in [5.41, 5.74) is 6.22. The molecule has 0 spiro atoms. The molecule has 5 nitrogen and oxygen atoms in total. The molecule has 0 aliphatic carbocycles. The minimum atomic E-state index is -0.683. The molecule has 0 saturated carbocycles. The molecular formula is C14H21N3O2. The smallest absolute Gasteiger partial charge is 0.312 e. The van der Waals surface area contributed by atoms with Gasteiger partial charge in [0.15, 0.2) is 0 Å². The Labute approximate surface area is 113 Å². The Morgan fingerprint density at radius 1 is 1.21 bits per heavy atom. The first-order valence-electron chi connectivity index (χ1n) is 6.38. The Morgan fingerprint density at radius 3 is 2.37 bits per heavy atom. The molecule has 5 heteroatoms. The van der Waals surface area contributed by atoms with Gasteiger partial charge in [-0.3, -0.25) is 4.79 Å². The van der Waals surface area contributed by atoms with Crippen LogP contribution >= 0.6 is 0 Å². The predicted octanol–water partition coefficient (Wildman–Crippen LogP) is 1.04. The summed E-state index contributed by atoms with van der Waals surface area (Å²) in [7, 11) is 0. The van der Waals surface area contributed by atoms with Crippen molar-refractivity contribution < 1.29 is 9.59 Å². The van der Waals surface area contributed by atoms with Crippen LogP contribution in [0.5, 0.6) is 0 Å². The van der Waals surface area contributed by atoms with Crippen LogP contribution in [0.25, 0.3) is 0 Å². The fraction of sp³-hybridized carbons (Fsp3) is 0.429. The molecule has 3 amide bonds. The van der Waals surface area contributed by atoms with Crippen LogP contribution in [0.4, 0.5) is 4.79 Å². The van der Waals surface area contributed by atoms with Crippen molar-refractivity contribution in [2.24, 2.45) is 11.7 Å². The molecule has 1 unspecified atom stereocenters. The van der Waals surface area contributed by atoms with Crippen molar-refractivity contribution in [1.82, 2.24) is 10.6 Å². The zero-order valence-corrected chi connectivity index (χ0v) is 11.3. The van der Waals surface area contributed by atoms with Crippen molar-refractivity contribution in [3.8, 4) is 0 Å². The maximum absolute atomic E-state index is 11.9. The minimum absolute atomic E-state index is 0.00998. The fourth-order valence-corrected chi connectivity index (χ4v) is 1.77. The van der Waals surface area contributed by atoms with Gasteiger partial charge in [0, 0.05) is 6.54 Å². The minimum Gasteiger partial charge on any atom is -0.354 e. The molecule has 19 heavy (non-hydrogen) atoms. The van der Waals surface area contributed by atoms with Crippen LogP contribution < -0.4 is 16.4 Å². The molecule has 0 saturated heterocycles. The van der Waals surface area contributed by atoms with Crippen LogP contribution in [0.2, 0.25) is 0 Å². The molecular weight excluding hydrogens is 242 g/mol. The summed E-state index contributed by atoms with van der Waals surface area (Å²) >= 11 is 0. The largest absolute Gasteiger partial charge is 0.354 e. The van der Waals surface area contributed by atoms with E-state index in [1.165, 1.54) is 0 Å². The van der Waals surface area contributed by atoms with Crippen LogP contribution in [-0.4, -0.2) is 24.5 Å². The zero-order valence-electron chi connectivity index (χ0n) is 11.3. The topological polar surface area (TPSA) is 84.2 Å². The normalized spacial score (nSPS) is 11.9. The monoisotopic (exact) mass is 263 g/mol. The van der Waals surface area contributed by atoms with Crippen LogP contribution in [0.15, 0.2) is 30.3 Å². The molecule has 0 aliphatic rings. The van der Waals surface area contributed by atoms with E-state index in [9.17, 15) is 9.59 Å². The number of hydrogen-bond donors (Lipinski definition) is 3. The summed E-state index contributed by atoms with van der Waals surface area (Å²) in [5.74, 6) is -0.214. The van der Waals surface area contributed by atoms with Gasteiger partial charge in [-0.2, -0.15) is 0 Å². The lowest BCUT2D eigenvalue weighted by molar-refractivity contribution is -0.123. The van der Waals surface area contributed by atoms with Gasteiger partial charge in [0.05, 0.1) is 0 Å². The number of primary amides is 1. The highest BCUT2D eigenvalue weighted by atomic mass is 16.2. The van der Waals surface area contributed by atoms with Gasteiger partial charge in [0.2, 0.25) is 5.91 Å². The highest BCUT2D eigenvalue weighted by Gasteiger charge is 2.22. The summed E-state index contributed by atoms with van der Waals surface area (Å²) in [5, 5.41) is 5.26. The number of hydrogen-bond acceptors (Lipinski definition) is 2. The number of rotatable bonds is 6. The van der Waals surface area contributed by atoms with E-state index in [1.807, 2.05) is 44.2 Å². The van der Waals surface area contributed by atoms with Crippen molar-refractivity contribution in [3.63, 3.8) is 0 Å². The average molecular weight is 263 g/mol. The zero-order chi connectivity index (χ0) is 14.3. The van der Waals surface area contributed by atoms with Gasteiger partial charge >= 0.3 is 6.03 Å². The van der Waals surface area contributed by atoms with E-state index in [2.05, 4.69) is 10.6 Å². The molecule has 0 radical (unpaired) electrons. The number of nitrogens with two attached hydrogens (primary N) is 1. The van der Waals surface area contributed by atoms with Crippen molar-refractivity contribution >= 4 is 11.9 Å². The van der Waals surface area contributed by atoms with E-state index in [0.717, 1.165) is 12.0 Å². The Kier molecular flexibility index (Phi) is 5.85. The second-order valence-corrected chi connectivity index (χ2v) is 4.76. The van der Waals surface area contributed by atoms with Gasteiger partial charge in [-0.15, -0.1) is 0 Å². The number of carbonyl (C=O) groups is 2. The lowest BCUT2D eigenvalue weighted by Gasteiger charge is -2.20. The van der Waals surface area contributed by atoms with Gasteiger partial charge in [-0.25, -0.2) is 4.79 Å². The van der Waals surface area contributed by atoms with Gasteiger partial charge < -0.3 is 16.4 Å². The van der Waals surface area contributed by atoms with Crippen LogP contribution in [0.1, 0.15) is 19.4 Å². The molecule has 0 heterocycles. The number of carbonyl (C=O) groups excluding carboxylic acids is 2. The lowest BCUT2D eigenvalue weighted by Crippen LogP contribution is -2.51. The van der Waals surface area contributed by atoms with E-state index in [4.69, 9.17) is 5.73 Å². The SMILES string of the molecule is CC(C)C(NC(N)=O)C(=O)NCCc1ccccc1. The summed E-state index contributed by atoms with van der Waals surface area (Å²) in [6.45, 7) is 4.25. The summed E-state index contributed by atoms with van der Waals surface area (Å²) < 4.78 is 0. The number of urea groups is 1. The third-order valence-electron chi connectivity index (χ3n) is 2.80. The second kappa shape index (κ2) is 7.41. The lowest BCUT2D eigenvalue weighted by atomic mass is 10.0. The fourth-order valence-electron chi connectivity index (χ4n) is 1.77. The number of nitrogens with one attached hydrogen (secondary N) is 2. The number of benzene rings is 1. The van der Waals surface area contributed by atoms with E-state index in [-0.39, 0.29) is 11.8 Å². The molecule has 0 fully saturated rings. The Bertz CT molecular complexity index is 418. The van der Waals surface area contributed by atoms with E-state index >= 15 is 0 Å². The van der Waals surface area contributed by atoms with Crippen molar-refractivity contribution in [3.05, 3.63) is 35.9 Å². The highest BCUT2D eigenvalue weighted by Crippen LogP contribution is 2.02. The van der Waals surface area contributed by atoms with Crippen molar-refractivity contribution in [1.29, 1.82) is 0 Å². The molecule has 104 valence electrons. The molecule has 1 atom stereocenters. The Hall–Kier alpha value is -2.04. The first-order valence-corrected chi connectivity index (χ1v) is 6.38. The summed E-state index contributed by atoms with van der Waals surface area (Å²) in [4.78, 5) is 22.8. The summed E-state index contributed by atoms with van der Waals surface area (Å²) in [6, 6.07) is 8.62. The average Bonchev–Trinajstić information content (AvgIpc) is 2.36. The van der Waals surface area contributed by atoms with Crippen molar-refractivity contribution in [2.45, 2.75) is 26.3 Å². The molecule has 1 aromatic rings. The van der Waals surface area contributed by atoms with Gasteiger partial charge in [0.25, 0.3) is 0 Å². The maximum atomic E-state index is 11.9. The van der Waals surface area contributed by atoms with E-state index in [1.54, 1.807) is 0 Å². The molecule has 0 bridgehead atoms. The standard InChI is InChI=1S/C14H21N3O2/c1-10(2)12(17-14(15)19)13(18)16-9-8-11-6-4-3-5-7-11/h3-7,10,12H,8-9H2,1-2H3,(H,16,18)(H3,15,17,19). The molecule has 0 aromatic heterocycles. The van der Waals surface area contributed by atoms with E-state index < -0.39 is 12.1 Å². The summed E-state index contributed by atoms with van der Waals surface area (Å²) in [6.07, 6.45) is 0.758. The molecule has 1 aromatic carbocycles. The first-order chi connectivity index (χ1) is 9.00. The highest BCUT2D eigenvalue weighted by molar-refractivity contribution is 5.86. The third kappa shape index (κ3) is 5.42. The molecule has 1 rings (SSSR count). The maximum Gasteiger partial charge on any atom is 0.312 e. The number of amides is 3. The Balaban J connectivity index is 2.42. The van der Waals surface area contributed by atoms with Gasteiger partial charge in [0.1, 0.15) is 6.04 Å². The quantitative estimate of drug-likeness (QED) is 0.716. The third-order valence-corrected chi connectivity index (χ3v) is 2.80. The van der Waals surface area contributed by atoms with Crippen LogP contribution in [0, 0.1) is 5.92 Å². The Morgan fingerprint density at radius 2 is 1.84 bits per heavy atom.